The summed E-state index contributed by atoms with van der Waals surface area (Å²) in [5.41, 5.74) is 1.51. The second-order valence-electron chi connectivity index (χ2n) is 9.25. The van der Waals surface area contributed by atoms with Gasteiger partial charge in [0, 0.05) is 49.9 Å². The highest BCUT2D eigenvalue weighted by molar-refractivity contribution is 5.94. The topological polar surface area (TPSA) is 79.1 Å². The lowest BCUT2D eigenvalue weighted by atomic mass is 9.97. The highest BCUT2D eigenvalue weighted by atomic mass is 16.5. The summed E-state index contributed by atoms with van der Waals surface area (Å²) in [7, 11) is 0. The Morgan fingerprint density at radius 1 is 1.06 bits per heavy atom. The van der Waals surface area contributed by atoms with Crippen molar-refractivity contribution in [2.75, 3.05) is 32.8 Å². The number of hydrogen-bond donors (Lipinski definition) is 0. The number of nitrogens with zero attached hydrogens (tertiary/aromatic N) is 4. The molecule has 2 amide bonds. The van der Waals surface area contributed by atoms with Crippen LogP contribution in [0.4, 0.5) is 0 Å². The van der Waals surface area contributed by atoms with Crippen molar-refractivity contribution in [1.29, 1.82) is 0 Å². The van der Waals surface area contributed by atoms with Gasteiger partial charge in [-0.3, -0.25) is 14.5 Å². The molecule has 33 heavy (non-hydrogen) atoms. The maximum Gasteiger partial charge on any atom is 0.260 e. The molecule has 8 nitrogen and oxygen atoms in total. The fourth-order valence-electron chi connectivity index (χ4n) is 4.83. The van der Waals surface area contributed by atoms with E-state index in [1.165, 1.54) is 6.42 Å². The van der Waals surface area contributed by atoms with Crippen molar-refractivity contribution in [3.05, 3.63) is 47.3 Å². The van der Waals surface area contributed by atoms with E-state index in [2.05, 4.69) is 23.9 Å². The van der Waals surface area contributed by atoms with Crippen LogP contribution in [0.25, 0.3) is 0 Å². The molecule has 3 heterocycles. The lowest BCUT2D eigenvalue weighted by molar-refractivity contribution is -0.139. The third-order valence-corrected chi connectivity index (χ3v) is 6.66. The van der Waals surface area contributed by atoms with Crippen LogP contribution in [0.5, 0.6) is 5.75 Å². The highest BCUT2D eigenvalue weighted by Gasteiger charge is 2.29. The molecule has 8 heteroatoms. The van der Waals surface area contributed by atoms with Crippen LogP contribution in [0.3, 0.4) is 0 Å². The summed E-state index contributed by atoms with van der Waals surface area (Å²) in [5.74, 6) is 1.49. The monoisotopic (exact) mass is 454 g/mol. The molecule has 1 aromatic carbocycles. The van der Waals surface area contributed by atoms with Crippen molar-refractivity contribution in [2.24, 2.45) is 0 Å². The summed E-state index contributed by atoms with van der Waals surface area (Å²) in [6, 6.07) is 9.55. The Morgan fingerprint density at radius 3 is 2.33 bits per heavy atom. The molecular formula is C25H34N4O4. The summed E-state index contributed by atoms with van der Waals surface area (Å²) < 4.78 is 11.0. The lowest BCUT2D eigenvalue weighted by Crippen LogP contribution is -2.49. The van der Waals surface area contributed by atoms with Crippen LogP contribution in [0, 0.1) is 6.92 Å². The van der Waals surface area contributed by atoms with Crippen LogP contribution >= 0.6 is 0 Å². The van der Waals surface area contributed by atoms with Crippen molar-refractivity contribution in [3.63, 3.8) is 0 Å². The fourth-order valence-corrected chi connectivity index (χ4v) is 4.83. The molecule has 0 spiro atoms. The van der Waals surface area contributed by atoms with Gasteiger partial charge < -0.3 is 19.1 Å². The predicted molar refractivity (Wildman–Crippen MR) is 124 cm³/mol. The molecule has 1 aromatic heterocycles. The van der Waals surface area contributed by atoms with Gasteiger partial charge in [0.1, 0.15) is 5.75 Å². The van der Waals surface area contributed by atoms with Gasteiger partial charge in [0.05, 0.1) is 12.2 Å². The number of likely N-dealkylation sites (tertiary alicyclic amines) is 1. The van der Waals surface area contributed by atoms with Crippen LogP contribution in [0.15, 0.2) is 34.9 Å². The van der Waals surface area contributed by atoms with E-state index in [1.54, 1.807) is 24.3 Å². The van der Waals surface area contributed by atoms with E-state index >= 15 is 0 Å². The summed E-state index contributed by atoms with van der Waals surface area (Å²) in [4.78, 5) is 31.6. The van der Waals surface area contributed by atoms with Gasteiger partial charge in [-0.15, -0.1) is 0 Å². The fraction of sp³-hybridized carbons (Fsp3) is 0.560. The van der Waals surface area contributed by atoms with Crippen molar-refractivity contribution in [3.8, 4) is 5.75 Å². The molecule has 0 aliphatic carbocycles. The first-order chi connectivity index (χ1) is 15.9. The zero-order valence-corrected chi connectivity index (χ0v) is 19.8. The van der Waals surface area contributed by atoms with E-state index in [4.69, 9.17) is 9.26 Å². The average Bonchev–Trinajstić information content (AvgIpc) is 3.22. The minimum atomic E-state index is 0.0174. The Bertz CT molecular complexity index is 940. The number of amides is 2. The molecule has 2 fully saturated rings. The molecule has 0 saturated carbocycles. The van der Waals surface area contributed by atoms with E-state index < -0.39 is 0 Å². The van der Waals surface area contributed by atoms with E-state index in [0.29, 0.717) is 30.9 Å². The molecule has 2 unspecified atom stereocenters. The number of rotatable bonds is 6. The van der Waals surface area contributed by atoms with Crippen molar-refractivity contribution in [2.45, 2.75) is 58.7 Å². The third-order valence-electron chi connectivity index (χ3n) is 6.66. The summed E-state index contributed by atoms with van der Waals surface area (Å²) in [5, 5.41) is 3.93. The van der Waals surface area contributed by atoms with Crippen molar-refractivity contribution in [1.82, 2.24) is 19.9 Å². The largest absolute Gasteiger partial charge is 0.484 e. The molecule has 4 rings (SSSR count). The van der Waals surface area contributed by atoms with E-state index in [9.17, 15) is 9.59 Å². The molecule has 178 valence electrons. The van der Waals surface area contributed by atoms with Gasteiger partial charge in [0.15, 0.2) is 12.4 Å². The minimum Gasteiger partial charge on any atom is -0.484 e. The minimum absolute atomic E-state index is 0.0174. The Morgan fingerprint density at radius 2 is 1.73 bits per heavy atom. The van der Waals surface area contributed by atoms with Gasteiger partial charge in [-0.05, 0) is 64.3 Å². The van der Waals surface area contributed by atoms with Gasteiger partial charge in [0.2, 0.25) is 0 Å². The molecular weight excluding hydrogens is 420 g/mol. The van der Waals surface area contributed by atoms with Crippen molar-refractivity contribution < 1.29 is 18.8 Å². The Hall–Kier alpha value is -2.87. The molecule has 0 bridgehead atoms. The van der Waals surface area contributed by atoms with Gasteiger partial charge in [-0.25, -0.2) is 0 Å². The molecule has 2 atom stereocenters. The molecule has 0 radical (unpaired) electrons. The number of hydrogen-bond acceptors (Lipinski definition) is 6. The first kappa shape index (κ1) is 23.3. The molecule has 0 N–H and O–H groups in total. The molecule has 2 aliphatic rings. The standard InChI is InChI=1S/C25H34N4O4/c1-18-15-23(33-26-18)16-27-11-13-28(14-12-27)25(31)21-7-9-22(10-8-21)32-17-24(30)29-19(2)5-4-6-20(29)3/h7-10,15,19-20H,4-6,11-14,16-17H2,1-3H3. The van der Waals surface area contributed by atoms with Crippen LogP contribution in [0.1, 0.15) is 54.9 Å². The van der Waals surface area contributed by atoms with Gasteiger partial charge >= 0.3 is 0 Å². The lowest BCUT2D eigenvalue weighted by Gasteiger charge is -2.39. The van der Waals surface area contributed by atoms with E-state index in [1.807, 2.05) is 22.8 Å². The van der Waals surface area contributed by atoms with E-state index in [0.717, 1.165) is 37.4 Å². The number of carbonyl (C=O) groups is 2. The second kappa shape index (κ2) is 10.4. The maximum absolute atomic E-state index is 12.9. The van der Waals surface area contributed by atoms with Crippen LogP contribution in [-0.4, -0.2) is 76.5 Å². The first-order valence-corrected chi connectivity index (χ1v) is 11.9. The first-order valence-electron chi connectivity index (χ1n) is 11.9. The van der Waals surface area contributed by atoms with Gasteiger partial charge in [0.25, 0.3) is 11.8 Å². The van der Waals surface area contributed by atoms with Gasteiger partial charge in [-0.1, -0.05) is 5.16 Å². The summed E-state index contributed by atoms with van der Waals surface area (Å²) >= 11 is 0. The number of carbonyl (C=O) groups excluding carboxylic acids is 2. The average molecular weight is 455 g/mol. The molecule has 2 aromatic rings. The van der Waals surface area contributed by atoms with Crippen LogP contribution in [-0.2, 0) is 11.3 Å². The number of ether oxygens (including phenoxy) is 1. The maximum atomic E-state index is 12.9. The molecule has 2 aliphatic heterocycles. The quantitative estimate of drug-likeness (QED) is 0.667. The van der Waals surface area contributed by atoms with Crippen molar-refractivity contribution >= 4 is 11.8 Å². The summed E-state index contributed by atoms with van der Waals surface area (Å²) in [6.07, 6.45) is 3.25. The highest BCUT2D eigenvalue weighted by Crippen LogP contribution is 2.23. The zero-order valence-electron chi connectivity index (χ0n) is 19.8. The van der Waals surface area contributed by atoms with Crippen LogP contribution in [0.2, 0.25) is 0 Å². The second-order valence-corrected chi connectivity index (χ2v) is 9.25. The smallest absolute Gasteiger partial charge is 0.260 e. The number of benzene rings is 1. The predicted octanol–water partition coefficient (Wildman–Crippen LogP) is 3.11. The SMILES string of the molecule is Cc1cc(CN2CCN(C(=O)c3ccc(OCC(=O)N4C(C)CCCC4C)cc3)CC2)on1. The number of aromatic nitrogens is 1. The Kier molecular flexibility index (Phi) is 7.33. The Balaban J connectivity index is 1.25. The zero-order chi connectivity index (χ0) is 23.4. The third kappa shape index (κ3) is 5.74. The number of piperazine rings is 1. The Labute approximate surface area is 195 Å². The summed E-state index contributed by atoms with van der Waals surface area (Å²) in [6.45, 7) is 9.77. The number of aryl methyl sites for hydroxylation is 1. The van der Waals surface area contributed by atoms with Gasteiger partial charge in [-0.2, -0.15) is 0 Å². The molecule has 2 saturated heterocycles. The van der Waals surface area contributed by atoms with E-state index in [-0.39, 0.29) is 30.5 Å². The van der Waals surface area contributed by atoms with Crippen LogP contribution < -0.4 is 4.74 Å². The number of piperidine rings is 1. The normalized spacial score (nSPS) is 21.8.